The summed E-state index contributed by atoms with van der Waals surface area (Å²) in [6, 6.07) is 0. The monoisotopic (exact) mass is 221 g/mol. The summed E-state index contributed by atoms with van der Waals surface area (Å²) in [4.78, 5) is 22.9. The maximum Gasteiger partial charge on any atom is 0.307 e. The predicted molar refractivity (Wildman–Crippen MR) is 56.4 cm³/mol. The lowest BCUT2D eigenvalue weighted by Gasteiger charge is -2.02. The molecule has 0 bridgehead atoms. The summed E-state index contributed by atoms with van der Waals surface area (Å²) in [5.41, 5.74) is 6.70. The van der Waals surface area contributed by atoms with Crippen LogP contribution < -0.4 is 5.73 Å². The summed E-state index contributed by atoms with van der Waals surface area (Å²) < 4.78 is 6.34. The average molecular weight is 221 g/mol. The van der Waals surface area contributed by atoms with Gasteiger partial charge < -0.3 is 15.0 Å². The highest BCUT2D eigenvalue weighted by Gasteiger charge is 2.07. The Balaban J connectivity index is 2.22. The lowest BCUT2D eigenvalue weighted by molar-refractivity contribution is -0.140. The quantitative estimate of drug-likeness (QED) is 0.731. The minimum Gasteiger partial charge on any atom is -0.469 e. The van der Waals surface area contributed by atoms with Gasteiger partial charge in [0.15, 0.2) is 5.65 Å². The van der Waals surface area contributed by atoms with E-state index in [1.165, 1.54) is 7.11 Å². The van der Waals surface area contributed by atoms with Crippen LogP contribution in [-0.4, -0.2) is 32.6 Å². The number of fused-ring (bicyclic) bond motifs is 1. The van der Waals surface area contributed by atoms with Gasteiger partial charge in [0.05, 0.1) is 26.1 Å². The number of carbonyl (C=O) groups is 1. The van der Waals surface area contributed by atoms with E-state index in [4.69, 9.17) is 5.73 Å². The van der Waals surface area contributed by atoms with Crippen LogP contribution in [0.4, 0.5) is 5.95 Å². The molecule has 16 heavy (non-hydrogen) atoms. The first-order chi connectivity index (χ1) is 7.70. The van der Waals surface area contributed by atoms with E-state index in [1.54, 1.807) is 17.1 Å². The van der Waals surface area contributed by atoms with Crippen molar-refractivity contribution in [1.29, 1.82) is 0 Å². The van der Waals surface area contributed by atoms with Gasteiger partial charge in [-0.1, -0.05) is 0 Å². The number of anilines is 1. The van der Waals surface area contributed by atoms with Gasteiger partial charge in [-0.25, -0.2) is 9.97 Å². The molecular formula is C9H11N5O2. The normalized spacial score (nSPS) is 10.6. The summed E-state index contributed by atoms with van der Waals surface area (Å²) in [7, 11) is 1.36. The van der Waals surface area contributed by atoms with Crippen molar-refractivity contribution in [2.75, 3.05) is 12.8 Å². The Labute approximate surface area is 91.3 Å². The second-order valence-corrected chi connectivity index (χ2v) is 3.20. The van der Waals surface area contributed by atoms with Gasteiger partial charge in [0, 0.05) is 6.54 Å². The third-order valence-electron chi connectivity index (χ3n) is 2.18. The van der Waals surface area contributed by atoms with E-state index in [1.807, 2.05) is 0 Å². The molecule has 2 aromatic rings. The molecule has 0 unspecified atom stereocenters. The third-order valence-corrected chi connectivity index (χ3v) is 2.18. The van der Waals surface area contributed by atoms with Crippen LogP contribution in [0.25, 0.3) is 11.2 Å². The van der Waals surface area contributed by atoms with Crippen molar-refractivity contribution in [2.24, 2.45) is 0 Å². The molecule has 7 nitrogen and oxygen atoms in total. The van der Waals surface area contributed by atoms with Crippen molar-refractivity contribution in [1.82, 2.24) is 19.5 Å². The van der Waals surface area contributed by atoms with Gasteiger partial charge in [-0.2, -0.15) is 4.98 Å². The van der Waals surface area contributed by atoms with E-state index in [0.29, 0.717) is 12.2 Å². The number of rotatable bonds is 3. The maximum absolute atomic E-state index is 11.0. The number of aromatic nitrogens is 4. The Bertz CT molecular complexity index is 522. The number of nitrogens with two attached hydrogens (primary N) is 1. The lowest BCUT2D eigenvalue weighted by atomic mass is 10.4. The van der Waals surface area contributed by atoms with Gasteiger partial charge in [-0.3, -0.25) is 4.79 Å². The number of nitrogens with zero attached hydrogens (tertiary/aromatic N) is 4. The molecule has 84 valence electrons. The van der Waals surface area contributed by atoms with Crippen LogP contribution in [0.1, 0.15) is 6.42 Å². The molecule has 0 aliphatic rings. The maximum atomic E-state index is 11.0. The molecule has 2 N–H and O–H groups in total. The van der Waals surface area contributed by atoms with E-state index in [9.17, 15) is 4.79 Å². The molecule has 0 aromatic carbocycles. The Hall–Kier alpha value is -2.18. The second-order valence-electron chi connectivity index (χ2n) is 3.20. The first-order valence-corrected chi connectivity index (χ1v) is 4.71. The molecule has 2 rings (SSSR count). The number of carbonyl (C=O) groups excluding carboxylic acids is 1. The SMILES string of the molecule is COC(=O)CCn1cnc2nc(N)ncc21. The van der Waals surface area contributed by atoms with Crippen LogP contribution in [-0.2, 0) is 16.1 Å². The van der Waals surface area contributed by atoms with Crippen LogP contribution >= 0.6 is 0 Å². The van der Waals surface area contributed by atoms with E-state index in [-0.39, 0.29) is 18.3 Å². The molecule has 0 saturated heterocycles. The Kier molecular flexibility index (Phi) is 2.67. The number of hydrogen-bond acceptors (Lipinski definition) is 6. The zero-order chi connectivity index (χ0) is 11.5. The van der Waals surface area contributed by atoms with Gasteiger partial charge in [0.2, 0.25) is 5.95 Å². The van der Waals surface area contributed by atoms with Gasteiger partial charge in [-0.15, -0.1) is 0 Å². The number of ether oxygens (including phenoxy) is 1. The first kappa shape index (κ1) is 10.3. The van der Waals surface area contributed by atoms with Crippen molar-refractivity contribution < 1.29 is 9.53 Å². The van der Waals surface area contributed by atoms with Crippen molar-refractivity contribution in [2.45, 2.75) is 13.0 Å². The van der Waals surface area contributed by atoms with Crippen molar-refractivity contribution in [3.05, 3.63) is 12.5 Å². The van der Waals surface area contributed by atoms with Crippen LogP contribution in [0.5, 0.6) is 0 Å². The average Bonchev–Trinajstić information content (AvgIpc) is 2.68. The highest BCUT2D eigenvalue weighted by Crippen LogP contribution is 2.10. The number of nitrogen functional groups attached to an aromatic ring is 1. The fourth-order valence-corrected chi connectivity index (χ4v) is 1.36. The lowest BCUT2D eigenvalue weighted by Crippen LogP contribution is -2.06. The standard InChI is InChI=1S/C9H11N5O2/c1-16-7(15)2-3-14-5-12-8-6(14)4-11-9(10)13-8/h4-5H,2-3H2,1H3,(H2,10,11,13). The summed E-state index contributed by atoms with van der Waals surface area (Å²) >= 11 is 0. The minimum absolute atomic E-state index is 0.186. The largest absolute Gasteiger partial charge is 0.469 e. The van der Waals surface area contributed by atoms with Gasteiger partial charge in [0.25, 0.3) is 0 Å². The zero-order valence-electron chi connectivity index (χ0n) is 8.75. The number of aryl methyl sites for hydroxylation is 1. The Morgan fingerprint density at radius 1 is 1.56 bits per heavy atom. The van der Waals surface area contributed by atoms with Crippen LogP contribution in [0.3, 0.4) is 0 Å². The predicted octanol–water partition coefficient (Wildman–Crippen LogP) is -0.0284. The molecule has 0 radical (unpaired) electrons. The van der Waals surface area contributed by atoms with Crippen LogP contribution in [0.2, 0.25) is 0 Å². The number of hydrogen-bond donors (Lipinski definition) is 1. The van der Waals surface area contributed by atoms with Crippen molar-refractivity contribution in [3.63, 3.8) is 0 Å². The molecule has 2 aromatic heterocycles. The van der Waals surface area contributed by atoms with Crippen molar-refractivity contribution in [3.8, 4) is 0 Å². The molecule has 7 heteroatoms. The molecule has 0 aliphatic heterocycles. The summed E-state index contributed by atoms with van der Waals surface area (Å²) in [5.74, 6) is -0.0797. The molecule has 0 aliphatic carbocycles. The molecule has 0 saturated carbocycles. The number of esters is 1. The van der Waals surface area contributed by atoms with Gasteiger partial charge >= 0.3 is 5.97 Å². The fraction of sp³-hybridized carbons (Fsp3) is 0.333. The molecular weight excluding hydrogens is 210 g/mol. The van der Waals surface area contributed by atoms with Gasteiger partial charge in [-0.05, 0) is 0 Å². The van der Waals surface area contributed by atoms with Gasteiger partial charge in [0.1, 0.15) is 5.52 Å². The molecule has 0 spiro atoms. The highest BCUT2D eigenvalue weighted by molar-refractivity contribution is 5.72. The van der Waals surface area contributed by atoms with E-state index >= 15 is 0 Å². The van der Waals surface area contributed by atoms with Crippen LogP contribution in [0, 0.1) is 0 Å². The molecule has 0 atom stereocenters. The second kappa shape index (κ2) is 4.13. The first-order valence-electron chi connectivity index (χ1n) is 4.71. The van der Waals surface area contributed by atoms with Crippen molar-refractivity contribution >= 4 is 23.1 Å². The summed E-state index contributed by atoms with van der Waals surface area (Å²) in [6.45, 7) is 0.483. The molecule has 0 fully saturated rings. The highest BCUT2D eigenvalue weighted by atomic mass is 16.5. The zero-order valence-corrected chi connectivity index (χ0v) is 8.75. The smallest absolute Gasteiger partial charge is 0.307 e. The molecule has 2 heterocycles. The Morgan fingerprint density at radius 3 is 3.12 bits per heavy atom. The Morgan fingerprint density at radius 2 is 2.38 bits per heavy atom. The number of imidazole rings is 1. The summed E-state index contributed by atoms with van der Waals surface area (Å²) in [6.07, 6.45) is 3.47. The minimum atomic E-state index is -0.266. The van der Waals surface area contributed by atoms with E-state index < -0.39 is 0 Å². The van der Waals surface area contributed by atoms with E-state index in [0.717, 1.165) is 5.52 Å². The third kappa shape index (κ3) is 1.92. The summed E-state index contributed by atoms with van der Waals surface area (Å²) in [5, 5.41) is 0. The molecule has 0 amide bonds. The topological polar surface area (TPSA) is 95.9 Å². The number of methoxy groups -OCH3 is 1. The van der Waals surface area contributed by atoms with Crippen LogP contribution in [0.15, 0.2) is 12.5 Å². The fourth-order valence-electron chi connectivity index (χ4n) is 1.36. The van der Waals surface area contributed by atoms with E-state index in [2.05, 4.69) is 19.7 Å².